The summed E-state index contributed by atoms with van der Waals surface area (Å²) in [5.41, 5.74) is 1.64. The summed E-state index contributed by atoms with van der Waals surface area (Å²) in [5.74, 6) is -0.863. The van der Waals surface area contributed by atoms with E-state index in [1.54, 1.807) is 30.3 Å². The predicted molar refractivity (Wildman–Crippen MR) is 121 cm³/mol. The lowest BCUT2D eigenvalue weighted by Gasteiger charge is -2.35. The second-order valence-corrected chi connectivity index (χ2v) is 9.47. The second-order valence-electron chi connectivity index (χ2n) is 7.53. The van der Waals surface area contributed by atoms with Gasteiger partial charge in [-0.2, -0.15) is 4.31 Å². The van der Waals surface area contributed by atoms with Crippen molar-refractivity contribution in [1.82, 2.24) is 9.62 Å². The summed E-state index contributed by atoms with van der Waals surface area (Å²) in [6.07, 6.45) is 0. The molecule has 0 radical (unpaired) electrons. The van der Waals surface area contributed by atoms with E-state index in [2.05, 4.69) is 10.2 Å². The van der Waals surface area contributed by atoms with Crippen LogP contribution >= 0.6 is 0 Å². The molecule has 0 aliphatic carbocycles. The SMILES string of the molecule is O=C(NCc1ccccc1F)c1cccc(S(=O)(=O)N2CCN(c3ccccc3)CC2)c1. The molecule has 1 heterocycles. The van der Waals surface area contributed by atoms with Crippen LogP contribution in [0.15, 0.2) is 83.8 Å². The van der Waals surface area contributed by atoms with Gasteiger partial charge in [0.05, 0.1) is 4.90 Å². The Morgan fingerprint density at radius 1 is 0.875 bits per heavy atom. The Labute approximate surface area is 187 Å². The number of hydrogen-bond acceptors (Lipinski definition) is 4. The predicted octanol–water partition coefficient (Wildman–Crippen LogP) is 3.27. The van der Waals surface area contributed by atoms with Gasteiger partial charge in [-0.1, -0.05) is 42.5 Å². The largest absolute Gasteiger partial charge is 0.369 e. The summed E-state index contributed by atoms with van der Waals surface area (Å²) in [6, 6.07) is 22.0. The van der Waals surface area contributed by atoms with Gasteiger partial charge in [0, 0.05) is 49.5 Å². The van der Waals surface area contributed by atoms with Crippen LogP contribution in [-0.4, -0.2) is 44.8 Å². The molecule has 1 aliphatic heterocycles. The Hall–Kier alpha value is -3.23. The van der Waals surface area contributed by atoms with Crippen molar-refractivity contribution in [1.29, 1.82) is 0 Å². The molecular formula is C24H24FN3O3S. The quantitative estimate of drug-likeness (QED) is 0.622. The zero-order valence-corrected chi connectivity index (χ0v) is 18.3. The van der Waals surface area contributed by atoms with Gasteiger partial charge >= 0.3 is 0 Å². The van der Waals surface area contributed by atoms with E-state index >= 15 is 0 Å². The third-order valence-corrected chi connectivity index (χ3v) is 7.39. The van der Waals surface area contributed by atoms with E-state index in [9.17, 15) is 17.6 Å². The van der Waals surface area contributed by atoms with Crippen LogP contribution in [-0.2, 0) is 16.6 Å². The maximum Gasteiger partial charge on any atom is 0.251 e. The molecule has 1 aliphatic rings. The van der Waals surface area contributed by atoms with E-state index in [4.69, 9.17) is 0 Å². The molecule has 3 aromatic carbocycles. The number of nitrogens with zero attached hydrogens (tertiary/aromatic N) is 2. The van der Waals surface area contributed by atoms with Gasteiger partial charge in [0.1, 0.15) is 5.82 Å². The Kier molecular flexibility index (Phi) is 6.53. The van der Waals surface area contributed by atoms with Gasteiger partial charge in [-0.05, 0) is 36.4 Å². The molecule has 0 spiro atoms. The number of anilines is 1. The summed E-state index contributed by atoms with van der Waals surface area (Å²) < 4.78 is 41.5. The summed E-state index contributed by atoms with van der Waals surface area (Å²) in [4.78, 5) is 14.8. The van der Waals surface area contributed by atoms with Crippen molar-refractivity contribution in [2.24, 2.45) is 0 Å². The number of nitrogens with one attached hydrogen (secondary N) is 1. The lowest BCUT2D eigenvalue weighted by Crippen LogP contribution is -2.48. The summed E-state index contributed by atoms with van der Waals surface area (Å²) in [6.45, 7) is 1.92. The van der Waals surface area contributed by atoms with Gasteiger partial charge in [-0.3, -0.25) is 4.79 Å². The fourth-order valence-corrected chi connectivity index (χ4v) is 5.16. The number of rotatable bonds is 6. The van der Waals surface area contributed by atoms with Gasteiger partial charge in [-0.25, -0.2) is 12.8 Å². The Morgan fingerprint density at radius 3 is 2.28 bits per heavy atom. The first-order valence-electron chi connectivity index (χ1n) is 10.4. The van der Waals surface area contributed by atoms with Crippen molar-refractivity contribution < 1.29 is 17.6 Å². The molecule has 4 rings (SSSR count). The Balaban J connectivity index is 1.43. The van der Waals surface area contributed by atoms with Gasteiger partial charge in [0.25, 0.3) is 5.91 Å². The fourth-order valence-electron chi connectivity index (χ4n) is 3.69. The molecule has 1 N–H and O–H groups in total. The number of hydrogen-bond donors (Lipinski definition) is 1. The minimum Gasteiger partial charge on any atom is -0.369 e. The molecule has 1 saturated heterocycles. The highest BCUT2D eigenvalue weighted by molar-refractivity contribution is 7.89. The van der Waals surface area contributed by atoms with Crippen LogP contribution in [0.1, 0.15) is 15.9 Å². The maximum absolute atomic E-state index is 13.8. The molecule has 166 valence electrons. The molecule has 1 amide bonds. The molecule has 32 heavy (non-hydrogen) atoms. The third-order valence-electron chi connectivity index (χ3n) is 5.49. The number of carbonyl (C=O) groups is 1. The molecule has 3 aromatic rings. The molecule has 8 heteroatoms. The fraction of sp³-hybridized carbons (Fsp3) is 0.208. The van der Waals surface area contributed by atoms with E-state index in [1.807, 2.05) is 30.3 Å². The monoisotopic (exact) mass is 453 g/mol. The van der Waals surface area contributed by atoms with E-state index < -0.39 is 21.7 Å². The molecule has 6 nitrogen and oxygen atoms in total. The van der Waals surface area contributed by atoms with Crippen molar-refractivity contribution in [3.8, 4) is 0 Å². The van der Waals surface area contributed by atoms with Crippen LogP contribution < -0.4 is 10.2 Å². The summed E-state index contributed by atoms with van der Waals surface area (Å²) >= 11 is 0. The van der Waals surface area contributed by atoms with E-state index in [-0.39, 0.29) is 17.0 Å². The first-order chi connectivity index (χ1) is 15.4. The highest BCUT2D eigenvalue weighted by Gasteiger charge is 2.29. The van der Waals surface area contributed by atoms with Crippen LogP contribution in [0.5, 0.6) is 0 Å². The third kappa shape index (κ3) is 4.81. The Bertz CT molecular complexity index is 1190. The number of sulfonamides is 1. The molecule has 0 aromatic heterocycles. The molecule has 0 saturated carbocycles. The summed E-state index contributed by atoms with van der Waals surface area (Å²) in [5, 5.41) is 2.64. The summed E-state index contributed by atoms with van der Waals surface area (Å²) in [7, 11) is -3.73. The number of amides is 1. The topological polar surface area (TPSA) is 69.7 Å². The highest BCUT2D eigenvalue weighted by Crippen LogP contribution is 2.22. The second kappa shape index (κ2) is 9.50. The van der Waals surface area contributed by atoms with E-state index in [0.29, 0.717) is 31.7 Å². The van der Waals surface area contributed by atoms with Crippen LogP contribution in [0.2, 0.25) is 0 Å². The first-order valence-corrected chi connectivity index (χ1v) is 11.8. The van der Waals surface area contributed by atoms with Crippen LogP contribution in [0.3, 0.4) is 0 Å². The van der Waals surface area contributed by atoms with Crippen LogP contribution in [0.25, 0.3) is 0 Å². The molecule has 0 unspecified atom stereocenters. The van der Waals surface area contributed by atoms with E-state index in [1.165, 1.54) is 22.5 Å². The van der Waals surface area contributed by atoms with Gasteiger partial charge < -0.3 is 10.2 Å². The van der Waals surface area contributed by atoms with Crippen LogP contribution in [0, 0.1) is 5.82 Å². The Morgan fingerprint density at radius 2 is 1.56 bits per heavy atom. The van der Waals surface area contributed by atoms with Crippen molar-refractivity contribution in [3.63, 3.8) is 0 Å². The highest BCUT2D eigenvalue weighted by atomic mass is 32.2. The zero-order valence-electron chi connectivity index (χ0n) is 17.4. The van der Waals surface area contributed by atoms with Gasteiger partial charge in [-0.15, -0.1) is 0 Å². The zero-order chi connectivity index (χ0) is 22.6. The van der Waals surface area contributed by atoms with Gasteiger partial charge in [0.2, 0.25) is 10.0 Å². The van der Waals surface area contributed by atoms with Crippen molar-refractivity contribution in [2.45, 2.75) is 11.4 Å². The normalized spacial score (nSPS) is 14.8. The van der Waals surface area contributed by atoms with Crippen molar-refractivity contribution in [2.75, 3.05) is 31.1 Å². The number of halogens is 1. The minimum atomic E-state index is -3.73. The number of benzene rings is 3. The standard InChI is InChI=1S/C24H24FN3O3S/c25-23-12-5-4-7-20(23)18-26-24(29)19-8-6-11-22(17-19)32(30,31)28-15-13-27(14-16-28)21-9-2-1-3-10-21/h1-12,17H,13-16,18H2,(H,26,29). The molecule has 0 atom stereocenters. The number of para-hydroxylation sites is 1. The number of piperazine rings is 1. The van der Waals surface area contributed by atoms with E-state index in [0.717, 1.165) is 5.69 Å². The first kappa shape index (κ1) is 22.0. The van der Waals surface area contributed by atoms with Crippen LogP contribution in [0.4, 0.5) is 10.1 Å². The lowest BCUT2D eigenvalue weighted by atomic mass is 10.2. The lowest BCUT2D eigenvalue weighted by molar-refractivity contribution is 0.0950. The molecule has 0 bridgehead atoms. The molecule has 1 fully saturated rings. The average molecular weight is 454 g/mol. The van der Waals surface area contributed by atoms with Crippen molar-refractivity contribution in [3.05, 3.63) is 95.8 Å². The average Bonchev–Trinajstić information content (AvgIpc) is 2.84. The smallest absolute Gasteiger partial charge is 0.251 e. The maximum atomic E-state index is 13.8. The number of carbonyl (C=O) groups excluding carboxylic acids is 1. The minimum absolute atomic E-state index is 0.0178. The van der Waals surface area contributed by atoms with Gasteiger partial charge in [0.15, 0.2) is 0 Å². The molecular weight excluding hydrogens is 429 g/mol. The van der Waals surface area contributed by atoms with Crippen molar-refractivity contribution >= 4 is 21.6 Å².